The van der Waals surface area contributed by atoms with Crippen molar-refractivity contribution in [1.29, 1.82) is 0 Å². The van der Waals surface area contributed by atoms with Gasteiger partial charge in [0.25, 0.3) is 11.7 Å². The second-order valence-corrected chi connectivity index (χ2v) is 7.69. The van der Waals surface area contributed by atoms with E-state index in [1.165, 1.54) is 18.1 Å². The second-order valence-electron chi connectivity index (χ2n) is 7.28. The number of nitrogens with zero attached hydrogens (tertiary/aromatic N) is 3. The number of carbonyl (C=O) groups is 2. The summed E-state index contributed by atoms with van der Waals surface area (Å²) in [5.74, 6) is -1.17. The van der Waals surface area contributed by atoms with E-state index < -0.39 is 17.7 Å². The summed E-state index contributed by atoms with van der Waals surface area (Å²) in [6.45, 7) is 1.15. The molecule has 0 spiro atoms. The molecule has 0 saturated carbocycles. The van der Waals surface area contributed by atoms with Gasteiger partial charge in [0.1, 0.15) is 11.5 Å². The first-order chi connectivity index (χ1) is 14.3. The minimum Gasteiger partial charge on any atom is -0.507 e. The Balaban J connectivity index is 2.08. The summed E-state index contributed by atoms with van der Waals surface area (Å²) in [6, 6.07) is 7.50. The number of likely N-dealkylation sites (tertiary alicyclic amines) is 1. The highest BCUT2D eigenvalue weighted by Crippen LogP contribution is 2.40. The normalized spacial score (nSPS) is 18.3. The van der Waals surface area contributed by atoms with Crippen LogP contribution in [-0.2, 0) is 9.59 Å². The van der Waals surface area contributed by atoms with Crippen molar-refractivity contribution in [2.75, 3.05) is 34.3 Å². The molecule has 2 heterocycles. The molecule has 0 bridgehead atoms. The van der Waals surface area contributed by atoms with Gasteiger partial charge in [-0.25, -0.2) is 0 Å². The molecule has 1 N–H and O–H groups in total. The smallest absolute Gasteiger partial charge is 0.295 e. The van der Waals surface area contributed by atoms with Gasteiger partial charge in [-0.3, -0.25) is 14.6 Å². The number of benzene rings is 1. The van der Waals surface area contributed by atoms with Crippen LogP contribution in [0.5, 0.6) is 5.75 Å². The van der Waals surface area contributed by atoms with E-state index in [9.17, 15) is 14.7 Å². The van der Waals surface area contributed by atoms with E-state index in [2.05, 4.69) is 4.98 Å². The predicted octanol–water partition coefficient (Wildman–Crippen LogP) is 3.12. The fourth-order valence-corrected chi connectivity index (χ4v) is 3.79. The van der Waals surface area contributed by atoms with Gasteiger partial charge < -0.3 is 19.6 Å². The van der Waals surface area contributed by atoms with E-state index in [1.807, 2.05) is 19.0 Å². The number of hydrogen-bond acceptors (Lipinski definition) is 6. The molecule has 158 valence electrons. The molecule has 1 aromatic heterocycles. The summed E-state index contributed by atoms with van der Waals surface area (Å²) in [6.07, 6.45) is 3.88. The van der Waals surface area contributed by atoms with E-state index in [0.29, 0.717) is 34.9 Å². The zero-order chi connectivity index (χ0) is 21.8. The molecular formula is C22H24ClN3O4. The number of ketones is 1. The number of aromatic nitrogens is 1. The summed E-state index contributed by atoms with van der Waals surface area (Å²) in [4.78, 5) is 33.3. The van der Waals surface area contributed by atoms with Gasteiger partial charge in [-0.15, -0.1) is 0 Å². The van der Waals surface area contributed by atoms with Gasteiger partial charge in [0, 0.05) is 24.5 Å². The molecule has 1 aromatic carbocycles. The molecule has 7 nitrogen and oxygen atoms in total. The van der Waals surface area contributed by atoms with Crippen LogP contribution in [0.25, 0.3) is 5.76 Å². The predicted molar refractivity (Wildman–Crippen MR) is 114 cm³/mol. The maximum atomic E-state index is 12.9. The largest absolute Gasteiger partial charge is 0.507 e. The lowest BCUT2D eigenvalue weighted by Crippen LogP contribution is -2.32. The van der Waals surface area contributed by atoms with Gasteiger partial charge in [-0.05, 0) is 63.0 Å². The number of Topliss-reactive ketones (excluding diaryl/α,β-unsaturated/α-hetero) is 1. The molecule has 1 amide bonds. The molecule has 1 fully saturated rings. The summed E-state index contributed by atoms with van der Waals surface area (Å²) in [5.41, 5.74) is 1.08. The SMILES string of the molecule is COc1ccc(/C(O)=C2\C(=O)C(=O)N(CCCN(C)C)[C@H]2c2ccncc2)cc1Cl. The van der Waals surface area contributed by atoms with Crippen LogP contribution >= 0.6 is 11.6 Å². The number of ether oxygens (including phenoxy) is 1. The van der Waals surface area contributed by atoms with Crippen molar-refractivity contribution in [3.63, 3.8) is 0 Å². The Morgan fingerprint density at radius 3 is 2.53 bits per heavy atom. The quantitative estimate of drug-likeness (QED) is 0.413. The standard InChI is InChI=1S/C22H24ClN3O4/c1-25(2)11-4-12-26-19(14-7-9-24-10-8-14)18(21(28)22(26)29)20(27)15-5-6-17(30-3)16(23)13-15/h5-10,13,19,27H,4,11-12H2,1-3H3/b20-18+/t19-/m0/s1. The Bertz CT molecular complexity index is 976. The number of hydrogen-bond donors (Lipinski definition) is 1. The second kappa shape index (κ2) is 9.28. The number of rotatable bonds is 7. The van der Waals surface area contributed by atoms with Crippen molar-refractivity contribution in [3.05, 3.63) is 64.4 Å². The first-order valence-electron chi connectivity index (χ1n) is 9.52. The summed E-state index contributed by atoms with van der Waals surface area (Å²) in [7, 11) is 5.38. The molecule has 1 aliphatic rings. The molecule has 30 heavy (non-hydrogen) atoms. The topological polar surface area (TPSA) is 83.0 Å². The number of halogens is 1. The van der Waals surface area contributed by atoms with Gasteiger partial charge in [0.15, 0.2) is 0 Å². The average molecular weight is 430 g/mol. The number of carbonyl (C=O) groups excluding carboxylic acids is 2. The van der Waals surface area contributed by atoms with E-state index in [-0.39, 0.29) is 11.3 Å². The van der Waals surface area contributed by atoms with E-state index in [1.54, 1.807) is 36.7 Å². The molecule has 1 aliphatic heterocycles. The van der Waals surface area contributed by atoms with Crippen LogP contribution in [-0.4, -0.2) is 65.9 Å². The monoisotopic (exact) mass is 429 g/mol. The highest BCUT2D eigenvalue weighted by molar-refractivity contribution is 6.46. The first kappa shape index (κ1) is 21.8. The highest BCUT2D eigenvalue weighted by Gasteiger charge is 2.45. The van der Waals surface area contributed by atoms with Crippen LogP contribution in [0, 0.1) is 0 Å². The fraction of sp³-hybridized carbons (Fsp3) is 0.318. The Kier molecular flexibility index (Phi) is 6.74. The lowest BCUT2D eigenvalue weighted by Gasteiger charge is -2.25. The van der Waals surface area contributed by atoms with Crippen molar-refractivity contribution in [2.45, 2.75) is 12.5 Å². The van der Waals surface area contributed by atoms with Gasteiger partial charge >= 0.3 is 0 Å². The van der Waals surface area contributed by atoms with Crippen molar-refractivity contribution in [1.82, 2.24) is 14.8 Å². The summed E-state index contributed by atoms with van der Waals surface area (Å²) >= 11 is 6.19. The molecule has 0 radical (unpaired) electrons. The molecule has 2 aromatic rings. The van der Waals surface area contributed by atoms with Crippen molar-refractivity contribution >= 4 is 29.1 Å². The lowest BCUT2D eigenvalue weighted by molar-refractivity contribution is -0.139. The van der Waals surface area contributed by atoms with E-state index >= 15 is 0 Å². The lowest BCUT2D eigenvalue weighted by atomic mass is 9.96. The minimum absolute atomic E-state index is 0.0392. The maximum absolute atomic E-state index is 12.9. The third-order valence-corrected chi connectivity index (χ3v) is 5.29. The zero-order valence-corrected chi connectivity index (χ0v) is 17.9. The summed E-state index contributed by atoms with van der Waals surface area (Å²) in [5, 5.41) is 11.3. The fourth-order valence-electron chi connectivity index (χ4n) is 3.53. The van der Waals surface area contributed by atoms with Gasteiger partial charge in [0.05, 0.1) is 23.7 Å². The number of methoxy groups -OCH3 is 1. The number of aliphatic hydroxyl groups excluding tert-OH is 1. The van der Waals surface area contributed by atoms with Crippen LogP contribution < -0.4 is 4.74 Å². The average Bonchev–Trinajstić information content (AvgIpc) is 2.98. The zero-order valence-electron chi connectivity index (χ0n) is 17.1. The van der Waals surface area contributed by atoms with Crippen LogP contribution in [0.2, 0.25) is 5.02 Å². The van der Waals surface area contributed by atoms with Crippen molar-refractivity contribution in [2.24, 2.45) is 0 Å². The molecule has 8 heteroatoms. The summed E-state index contributed by atoms with van der Waals surface area (Å²) < 4.78 is 5.14. The van der Waals surface area contributed by atoms with E-state index in [0.717, 1.165) is 6.54 Å². The number of aliphatic hydroxyl groups is 1. The maximum Gasteiger partial charge on any atom is 0.295 e. The molecule has 1 saturated heterocycles. The molecular weight excluding hydrogens is 406 g/mol. The van der Waals surface area contributed by atoms with Crippen LogP contribution in [0.15, 0.2) is 48.3 Å². The highest BCUT2D eigenvalue weighted by atomic mass is 35.5. The van der Waals surface area contributed by atoms with Crippen LogP contribution in [0.3, 0.4) is 0 Å². The Morgan fingerprint density at radius 2 is 1.93 bits per heavy atom. The third-order valence-electron chi connectivity index (χ3n) is 4.99. The Hall–Kier alpha value is -2.90. The minimum atomic E-state index is -0.717. The third kappa shape index (κ3) is 4.32. The molecule has 0 aliphatic carbocycles. The van der Waals surface area contributed by atoms with Crippen molar-refractivity contribution in [3.8, 4) is 5.75 Å². The number of amides is 1. The molecule has 0 unspecified atom stereocenters. The van der Waals surface area contributed by atoms with Crippen LogP contribution in [0.1, 0.15) is 23.6 Å². The number of pyridine rings is 1. The molecule has 1 atom stereocenters. The van der Waals surface area contributed by atoms with E-state index in [4.69, 9.17) is 16.3 Å². The Morgan fingerprint density at radius 1 is 1.23 bits per heavy atom. The van der Waals surface area contributed by atoms with Gasteiger partial charge in [-0.1, -0.05) is 11.6 Å². The first-order valence-corrected chi connectivity index (χ1v) is 9.90. The van der Waals surface area contributed by atoms with Gasteiger partial charge in [-0.2, -0.15) is 0 Å². The van der Waals surface area contributed by atoms with Crippen molar-refractivity contribution < 1.29 is 19.4 Å². The molecule has 3 rings (SSSR count). The Labute approximate surface area is 180 Å². The van der Waals surface area contributed by atoms with Gasteiger partial charge in [0.2, 0.25) is 0 Å². The van der Waals surface area contributed by atoms with Crippen LogP contribution in [0.4, 0.5) is 0 Å².